The molecule has 0 fully saturated rings. The zero-order valence-electron chi connectivity index (χ0n) is 14.8. The quantitative estimate of drug-likeness (QED) is 0.637. The Balaban J connectivity index is 1.83. The summed E-state index contributed by atoms with van der Waals surface area (Å²) in [6, 6.07) is 19.2. The number of rotatable bonds is 6. The summed E-state index contributed by atoms with van der Waals surface area (Å²) in [4.78, 5) is 4.39. The fraction of sp³-hybridized carbons (Fsp3) is 0.174. The lowest BCUT2D eigenvalue weighted by atomic mass is 10.00. The molecule has 0 aliphatic carbocycles. The minimum atomic E-state index is -0.320. The molecule has 0 amide bonds. The van der Waals surface area contributed by atoms with Crippen LogP contribution in [0.15, 0.2) is 66.7 Å². The molecule has 0 bridgehead atoms. The molecule has 0 aliphatic rings. The Morgan fingerprint density at radius 1 is 0.885 bits per heavy atom. The van der Waals surface area contributed by atoms with Crippen molar-refractivity contribution in [3.63, 3.8) is 0 Å². The number of allylic oxidation sites excluding steroid dienone is 1. The van der Waals surface area contributed by atoms with Crippen LogP contribution in [0.3, 0.4) is 0 Å². The van der Waals surface area contributed by atoms with Crippen LogP contribution < -0.4 is 0 Å². The van der Waals surface area contributed by atoms with Crippen LogP contribution in [0.5, 0.6) is 0 Å². The highest BCUT2D eigenvalue weighted by Crippen LogP contribution is 2.26. The van der Waals surface area contributed by atoms with Crippen molar-refractivity contribution >= 4 is 6.08 Å². The Bertz CT molecular complexity index is 883. The highest BCUT2D eigenvalue weighted by Gasteiger charge is 2.08. The molecule has 3 aromatic rings. The lowest BCUT2D eigenvalue weighted by Crippen LogP contribution is -1.92. The number of pyridine rings is 1. The first-order chi connectivity index (χ1) is 12.7. The van der Waals surface area contributed by atoms with Gasteiger partial charge in [-0.1, -0.05) is 54.6 Å². The van der Waals surface area contributed by atoms with E-state index < -0.39 is 0 Å². The number of aliphatic hydroxyl groups excluding tert-OH is 1. The lowest BCUT2D eigenvalue weighted by Gasteiger charge is -2.07. The average Bonchev–Trinajstić information content (AvgIpc) is 2.69. The van der Waals surface area contributed by atoms with Crippen molar-refractivity contribution in [3.05, 3.63) is 83.8 Å². The first kappa shape index (κ1) is 18.0. The van der Waals surface area contributed by atoms with Gasteiger partial charge in [0.15, 0.2) is 0 Å². The van der Waals surface area contributed by atoms with E-state index in [1.54, 1.807) is 6.07 Å². The predicted molar refractivity (Wildman–Crippen MR) is 105 cm³/mol. The van der Waals surface area contributed by atoms with Gasteiger partial charge in [0, 0.05) is 12.2 Å². The molecule has 0 atom stereocenters. The van der Waals surface area contributed by atoms with E-state index in [9.17, 15) is 4.39 Å². The predicted octanol–water partition coefficient (Wildman–Crippen LogP) is 5.51. The van der Waals surface area contributed by atoms with E-state index >= 15 is 0 Å². The van der Waals surface area contributed by atoms with Crippen LogP contribution >= 0.6 is 0 Å². The van der Waals surface area contributed by atoms with Gasteiger partial charge in [0.25, 0.3) is 0 Å². The lowest BCUT2D eigenvalue weighted by molar-refractivity contribution is 0.288. The molecule has 0 spiro atoms. The molecule has 1 N–H and O–H groups in total. The van der Waals surface area contributed by atoms with Crippen LogP contribution in [0.1, 0.15) is 24.6 Å². The largest absolute Gasteiger partial charge is 0.396 e. The number of hydrogen-bond donors (Lipinski definition) is 1. The molecule has 0 radical (unpaired) electrons. The van der Waals surface area contributed by atoms with E-state index in [-0.39, 0.29) is 12.4 Å². The average molecular weight is 347 g/mol. The van der Waals surface area contributed by atoms with E-state index in [0.717, 1.165) is 35.2 Å². The molecule has 0 unspecified atom stereocenters. The van der Waals surface area contributed by atoms with Crippen LogP contribution in [-0.4, -0.2) is 16.7 Å². The van der Waals surface area contributed by atoms with Crippen molar-refractivity contribution < 1.29 is 9.50 Å². The summed E-state index contributed by atoms with van der Waals surface area (Å²) >= 11 is 0. The standard InChI is InChI=1S/C23H22FNO/c1-2-4-21-14-15-22(24)23(25-21)20-12-10-19(11-13-20)18-8-6-17(7-9-18)5-3-16-26/h2,4,6-15,26H,3,5,16H2,1H3/b4-2+. The molecule has 26 heavy (non-hydrogen) atoms. The normalized spacial score (nSPS) is 11.2. The third kappa shape index (κ3) is 4.24. The van der Waals surface area contributed by atoms with E-state index in [4.69, 9.17) is 5.11 Å². The second-order valence-corrected chi connectivity index (χ2v) is 6.17. The fourth-order valence-corrected chi connectivity index (χ4v) is 2.89. The van der Waals surface area contributed by atoms with E-state index in [1.165, 1.54) is 11.6 Å². The summed E-state index contributed by atoms with van der Waals surface area (Å²) in [5.41, 5.74) is 5.27. The zero-order chi connectivity index (χ0) is 18.4. The van der Waals surface area contributed by atoms with Gasteiger partial charge in [0.05, 0.1) is 5.69 Å². The molecule has 2 aromatic carbocycles. The Morgan fingerprint density at radius 3 is 2.12 bits per heavy atom. The van der Waals surface area contributed by atoms with Crippen molar-refractivity contribution in [1.29, 1.82) is 0 Å². The number of hydrogen-bond acceptors (Lipinski definition) is 2. The molecule has 132 valence electrons. The smallest absolute Gasteiger partial charge is 0.149 e. The van der Waals surface area contributed by atoms with E-state index in [0.29, 0.717) is 5.69 Å². The van der Waals surface area contributed by atoms with Crippen molar-refractivity contribution in [2.45, 2.75) is 19.8 Å². The second-order valence-electron chi connectivity index (χ2n) is 6.17. The SMILES string of the molecule is C/C=C/c1ccc(F)c(-c2ccc(-c3ccc(CCCO)cc3)cc2)n1. The monoisotopic (exact) mass is 347 g/mol. The van der Waals surface area contributed by atoms with E-state index in [1.807, 2.05) is 43.3 Å². The summed E-state index contributed by atoms with van der Waals surface area (Å²) in [6.45, 7) is 2.12. The highest BCUT2D eigenvalue weighted by atomic mass is 19.1. The fourth-order valence-electron chi connectivity index (χ4n) is 2.89. The summed E-state index contributed by atoms with van der Waals surface area (Å²) in [6.07, 6.45) is 5.40. The van der Waals surface area contributed by atoms with Gasteiger partial charge < -0.3 is 5.11 Å². The molecule has 3 rings (SSSR count). The highest BCUT2D eigenvalue weighted by molar-refractivity contribution is 5.69. The first-order valence-electron chi connectivity index (χ1n) is 8.81. The number of aromatic nitrogens is 1. The summed E-state index contributed by atoms with van der Waals surface area (Å²) < 4.78 is 14.2. The topological polar surface area (TPSA) is 33.1 Å². The number of halogens is 1. The van der Waals surface area contributed by atoms with Crippen molar-refractivity contribution in [1.82, 2.24) is 4.98 Å². The van der Waals surface area contributed by atoms with Crippen LogP contribution in [-0.2, 0) is 6.42 Å². The number of aliphatic hydroxyl groups is 1. The number of benzene rings is 2. The first-order valence-corrected chi connectivity index (χ1v) is 8.81. The second kappa shape index (κ2) is 8.54. The third-order valence-corrected chi connectivity index (χ3v) is 4.27. The number of nitrogens with zero attached hydrogens (tertiary/aromatic N) is 1. The van der Waals surface area contributed by atoms with Crippen LogP contribution in [0.2, 0.25) is 0 Å². The molecule has 2 nitrogen and oxygen atoms in total. The van der Waals surface area contributed by atoms with Gasteiger partial charge in [-0.3, -0.25) is 0 Å². The summed E-state index contributed by atoms with van der Waals surface area (Å²) in [7, 11) is 0. The van der Waals surface area contributed by atoms with Gasteiger partial charge in [-0.2, -0.15) is 0 Å². The zero-order valence-corrected chi connectivity index (χ0v) is 14.8. The van der Waals surface area contributed by atoms with Gasteiger partial charge in [0.2, 0.25) is 0 Å². The maximum absolute atomic E-state index is 14.2. The molecule has 0 saturated heterocycles. The van der Waals surface area contributed by atoms with Crippen molar-refractivity contribution in [2.75, 3.05) is 6.61 Å². The minimum Gasteiger partial charge on any atom is -0.396 e. The van der Waals surface area contributed by atoms with Crippen molar-refractivity contribution in [3.8, 4) is 22.4 Å². The maximum Gasteiger partial charge on any atom is 0.149 e. The van der Waals surface area contributed by atoms with Crippen LogP contribution in [0, 0.1) is 5.82 Å². The van der Waals surface area contributed by atoms with Gasteiger partial charge >= 0.3 is 0 Å². The van der Waals surface area contributed by atoms with Crippen molar-refractivity contribution in [2.24, 2.45) is 0 Å². The van der Waals surface area contributed by atoms with Gasteiger partial charge in [-0.25, -0.2) is 9.37 Å². The third-order valence-electron chi connectivity index (χ3n) is 4.27. The van der Waals surface area contributed by atoms with Gasteiger partial charge in [0.1, 0.15) is 11.5 Å². The molecule has 1 aromatic heterocycles. The molecular formula is C23H22FNO. The molecular weight excluding hydrogens is 325 g/mol. The Hall–Kier alpha value is -2.78. The maximum atomic E-state index is 14.2. The van der Waals surface area contributed by atoms with Gasteiger partial charge in [-0.15, -0.1) is 0 Å². The molecule has 0 aliphatic heterocycles. The van der Waals surface area contributed by atoms with Crippen LogP contribution in [0.25, 0.3) is 28.5 Å². The summed E-state index contributed by atoms with van der Waals surface area (Å²) in [5, 5.41) is 8.91. The van der Waals surface area contributed by atoms with E-state index in [2.05, 4.69) is 29.2 Å². The van der Waals surface area contributed by atoms with Crippen LogP contribution in [0.4, 0.5) is 4.39 Å². The molecule has 1 heterocycles. The molecule has 3 heteroatoms. The Morgan fingerprint density at radius 2 is 1.50 bits per heavy atom. The number of aryl methyl sites for hydroxylation is 1. The molecule has 0 saturated carbocycles. The van der Waals surface area contributed by atoms with Gasteiger partial charge in [-0.05, 0) is 54.7 Å². The summed E-state index contributed by atoms with van der Waals surface area (Å²) in [5.74, 6) is -0.320. The Labute approximate surface area is 153 Å². The minimum absolute atomic E-state index is 0.211. The Kier molecular flexibility index (Phi) is 5.92.